The Balaban J connectivity index is 0.000000425. The van der Waals surface area contributed by atoms with E-state index in [1.165, 1.54) is 42.5 Å². The molecule has 15 nitrogen and oxygen atoms in total. The number of aryl methyl sites for hydroxylation is 1. The number of anilines is 5. The average molecular weight is 620 g/mol. The minimum absolute atomic E-state index is 0.00475. The molecule has 0 bridgehead atoms. The van der Waals surface area contributed by atoms with Gasteiger partial charge in [0.1, 0.15) is 10.6 Å². The fourth-order valence-corrected chi connectivity index (χ4v) is 4.67. The maximum Gasteiger partial charge on any atom is 0.296 e. The highest BCUT2D eigenvalue weighted by atomic mass is 32.2. The molecule has 0 heterocycles. The van der Waals surface area contributed by atoms with Gasteiger partial charge in [-0.1, -0.05) is 0 Å². The Bertz CT molecular complexity index is 1660. The van der Waals surface area contributed by atoms with Crippen LogP contribution in [0.25, 0.3) is 0 Å². The van der Waals surface area contributed by atoms with Gasteiger partial charge in [0.15, 0.2) is 0 Å². The number of ether oxygens (including phenoxy) is 1. The molecule has 0 aromatic heterocycles. The van der Waals surface area contributed by atoms with Crippen LogP contribution in [0.2, 0.25) is 0 Å². The van der Waals surface area contributed by atoms with Crippen LogP contribution in [-0.4, -0.2) is 51.3 Å². The molecule has 0 unspecified atom stereocenters. The summed E-state index contributed by atoms with van der Waals surface area (Å²) in [6.45, 7) is 1.75. The average Bonchev–Trinajstić information content (AvgIpc) is 2.82. The van der Waals surface area contributed by atoms with Gasteiger partial charge in [0.05, 0.1) is 34.3 Å². The van der Waals surface area contributed by atoms with Crippen LogP contribution in [0.3, 0.4) is 0 Å². The molecule has 3 aromatic carbocycles. The van der Waals surface area contributed by atoms with Crippen LogP contribution in [0.1, 0.15) is 12.0 Å². The Morgan fingerprint density at radius 2 is 1.32 bits per heavy atom. The van der Waals surface area contributed by atoms with Gasteiger partial charge >= 0.3 is 0 Å². The van der Waals surface area contributed by atoms with Gasteiger partial charge < -0.3 is 27.4 Å². The number of hydrogen-bond acceptors (Lipinski definition) is 12. The van der Waals surface area contributed by atoms with E-state index in [0.717, 1.165) is 6.07 Å². The molecule has 0 aliphatic rings. The zero-order chi connectivity index (χ0) is 30.3. The van der Waals surface area contributed by atoms with Crippen molar-refractivity contribution in [1.29, 1.82) is 0 Å². The van der Waals surface area contributed by atoms with Gasteiger partial charge in [-0.05, 0) is 67.4 Å². The van der Waals surface area contributed by atoms with Crippen LogP contribution >= 0.6 is 0 Å². The molecule has 11 N–H and O–H groups in total. The molecule has 0 aliphatic carbocycles. The highest BCUT2D eigenvalue weighted by Crippen LogP contribution is 2.30. The van der Waals surface area contributed by atoms with Crippen LogP contribution in [-0.2, 0) is 30.4 Å². The zero-order valence-corrected chi connectivity index (χ0v) is 23.4. The fourth-order valence-electron chi connectivity index (χ4n) is 3.02. The highest BCUT2D eigenvalue weighted by Gasteiger charge is 2.16. The van der Waals surface area contributed by atoms with Crippen molar-refractivity contribution in [2.75, 3.05) is 40.4 Å². The molecule has 220 valence electrons. The van der Waals surface area contributed by atoms with Crippen molar-refractivity contribution in [2.24, 2.45) is 0 Å². The lowest BCUT2D eigenvalue weighted by atomic mass is 10.1. The first-order valence-electron chi connectivity index (χ1n) is 11.1. The standard InChI is InChI=1S/C16H22N4O7S2.C6H7NO3S/c1-10-7-12(18)15(27-5-2-6-28(21,22)23)9-14(10)20-19-13-4-3-11(17)8-16(13)29(24,25)26;7-5-1-3-6(4-2-5)11(8,9)10/h3-4,7-9,19-20H,2,5-6,17-18H2,1H3,(H,21,22,23)(H,24,25,26);1-4H,7H2,(H,8,9,10). The Labute approximate surface area is 231 Å². The number of rotatable bonds is 10. The number of hydrazine groups is 1. The quantitative estimate of drug-likeness (QED) is 0.0697. The largest absolute Gasteiger partial charge is 0.491 e. The van der Waals surface area contributed by atoms with E-state index in [1.54, 1.807) is 13.0 Å². The lowest BCUT2D eigenvalue weighted by Gasteiger charge is -2.17. The third-order valence-corrected chi connectivity index (χ3v) is 7.52. The molecule has 3 aromatic rings. The maximum absolute atomic E-state index is 11.5. The van der Waals surface area contributed by atoms with Crippen molar-refractivity contribution in [2.45, 2.75) is 23.1 Å². The summed E-state index contributed by atoms with van der Waals surface area (Å²) >= 11 is 0. The van der Waals surface area contributed by atoms with E-state index in [-0.39, 0.29) is 35.0 Å². The molecule has 0 radical (unpaired) electrons. The first kappa shape index (κ1) is 32.4. The molecule has 40 heavy (non-hydrogen) atoms. The van der Waals surface area contributed by atoms with E-state index in [9.17, 15) is 29.8 Å². The van der Waals surface area contributed by atoms with Crippen molar-refractivity contribution < 1.29 is 43.6 Å². The van der Waals surface area contributed by atoms with E-state index >= 15 is 0 Å². The summed E-state index contributed by atoms with van der Waals surface area (Å²) in [6.07, 6.45) is 0.0658. The van der Waals surface area contributed by atoms with Crippen LogP contribution < -0.4 is 32.8 Å². The lowest BCUT2D eigenvalue weighted by Crippen LogP contribution is -2.14. The summed E-state index contributed by atoms with van der Waals surface area (Å²) < 4.78 is 97.5. The van der Waals surface area contributed by atoms with Crippen molar-refractivity contribution in [1.82, 2.24) is 0 Å². The Hall–Kier alpha value is -3.81. The summed E-state index contributed by atoms with van der Waals surface area (Å²) in [6, 6.07) is 12.4. The van der Waals surface area contributed by atoms with Gasteiger partial charge in [-0.3, -0.25) is 19.1 Å². The highest BCUT2D eigenvalue weighted by molar-refractivity contribution is 7.86. The third-order valence-electron chi connectivity index (χ3n) is 4.95. The minimum atomic E-state index is -4.51. The van der Waals surface area contributed by atoms with E-state index in [0.29, 0.717) is 22.6 Å². The Morgan fingerprint density at radius 1 is 0.750 bits per heavy atom. The monoisotopic (exact) mass is 619 g/mol. The van der Waals surface area contributed by atoms with Crippen LogP contribution in [0.15, 0.2) is 64.4 Å². The maximum atomic E-state index is 11.5. The lowest BCUT2D eigenvalue weighted by molar-refractivity contribution is 0.318. The summed E-state index contributed by atoms with van der Waals surface area (Å²) in [4.78, 5) is -0.550. The summed E-state index contributed by atoms with van der Waals surface area (Å²) in [5.41, 5.74) is 24.4. The summed E-state index contributed by atoms with van der Waals surface area (Å²) in [7, 11) is -12.7. The molecular weight excluding hydrogens is 590 g/mol. The fraction of sp³-hybridized carbons (Fsp3) is 0.182. The van der Waals surface area contributed by atoms with Gasteiger partial charge in [0, 0.05) is 17.4 Å². The molecular formula is C22H29N5O10S3. The number of nitrogen functional groups attached to an aromatic ring is 3. The van der Waals surface area contributed by atoms with Gasteiger partial charge in [0.2, 0.25) is 0 Å². The normalized spacial score (nSPS) is 11.7. The molecule has 0 saturated heterocycles. The SMILES string of the molecule is Cc1cc(N)c(OCCCS(=O)(=O)O)cc1NNc1ccc(N)cc1S(=O)(=O)O.Nc1ccc(S(=O)(=O)O)cc1. The minimum Gasteiger partial charge on any atom is -0.491 e. The molecule has 0 spiro atoms. The molecule has 18 heteroatoms. The first-order chi connectivity index (χ1) is 18.4. The number of hydrogen-bond donors (Lipinski definition) is 8. The smallest absolute Gasteiger partial charge is 0.296 e. The van der Waals surface area contributed by atoms with Crippen LogP contribution in [0.4, 0.5) is 28.4 Å². The Kier molecular flexibility index (Phi) is 10.6. The summed E-state index contributed by atoms with van der Waals surface area (Å²) in [5, 5.41) is 0. The second kappa shape index (κ2) is 13.0. The second-order valence-electron chi connectivity index (χ2n) is 8.22. The third kappa shape index (κ3) is 10.4. The van der Waals surface area contributed by atoms with E-state index in [4.69, 9.17) is 31.0 Å². The molecule has 0 fully saturated rings. The first-order valence-corrected chi connectivity index (χ1v) is 15.6. The van der Waals surface area contributed by atoms with Gasteiger partial charge in [-0.2, -0.15) is 25.3 Å². The molecule has 3 rings (SSSR count). The molecule has 0 saturated carbocycles. The van der Waals surface area contributed by atoms with Gasteiger partial charge in [-0.25, -0.2) is 0 Å². The van der Waals surface area contributed by atoms with E-state index < -0.39 is 41.0 Å². The van der Waals surface area contributed by atoms with Crippen molar-refractivity contribution in [3.63, 3.8) is 0 Å². The second-order valence-corrected chi connectivity index (χ2v) is 12.6. The van der Waals surface area contributed by atoms with E-state index in [1.807, 2.05) is 0 Å². The predicted molar refractivity (Wildman–Crippen MR) is 151 cm³/mol. The molecule has 0 amide bonds. The van der Waals surface area contributed by atoms with Crippen LogP contribution in [0.5, 0.6) is 5.75 Å². The zero-order valence-electron chi connectivity index (χ0n) is 21.0. The predicted octanol–water partition coefficient (Wildman–Crippen LogP) is 2.02. The van der Waals surface area contributed by atoms with Gasteiger partial charge in [0.25, 0.3) is 30.4 Å². The van der Waals surface area contributed by atoms with E-state index in [2.05, 4.69) is 10.9 Å². The Morgan fingerprint density at radius 3 is 1.88 bits per heavy atom. The van der Waals surface area contributed by atoms with Crippen LogP contribution in [0, 0.1) is 6.92 Å². The molecule has 0 aliphatic heterocycles. The van der Waals surface area contributed by atoms with Gasteiger partial charge in [-0.15, -0.1) is 0 Å². The van der Waals surface area contributed by atoms with Crippen molar-refractivity contribution in [3.05, 3.63) is 60.2 Å². The number of nitrogens with two attached hydrogens (primary N) is 3. The van der Waals surface area contributed by atoms with Crippen molar-refractivity contribution in [3.8, 4) is 5.75 Å². The number of benzene rings is 3. The molecule has 0 atom stereocenters. The topological polar surface area (TPSA) is 274 Å². The van der Waals surface area contributed by atoms with Crippen molar-refractivity contribution >= 4 is 58.8 Å². The summed E-state index contributed by atoms with van der Waals surface area (Å²) in [5.74, 6) is -0.177. The number of nitrogens with one attached hydrogen (secondary N) is 2.